The maximum atomic E-state index is 6.18. The molecule has 0 N–H and O–H groups in total. The van der Waals surface area contributed by atoms with E-state index in [2.05, 4.69) is 34.2 Å². The Kier molecular flexibility index (Phi) is 12.4. The average Bonchev–Trinajstić information content (AvgIpc) is 2.50. The third-order valence-electron chi connectivity index (χ3n) is 4.57. The molecule has 0 amide bonds. The van der Waals surface area contributed by atoms with Crippen LogP contribution in [-0.4, -0.2) is 67.6 Å². The van der Waals surface area contributed by atoms with Crippen LogP contribution < -0.4 is 12.4 Å². The lowest BCUT2D eigenvalue weighted by Gasteiger charge is -2.46. The zero-order valence-electron chi connectivity index (χ0n) is 16.5. The molecule has 0 radical (unpaired) electrons. The standard InChI is InChI=1S/C17H36NO4Si.ClH/c1-10-12-17(4,22-15-16(2)3)18(5,6)13-11-14-23(19-7,20-8)21-9;/h10H,1-2,11-15H2,3-9H3;1H/q+1;/p-1. The van der Waals surface area contributed by atoms with E-state index in [1.165, 1.54) is 0 Å². The van der Waals surface area contributed by atoms with E-state index >= 15 is 0 Å². The quantitative estimate of drug-likeness (QED) is 0.198. The van der Waals surface area contributed by atoms with Crippen LogP contribution in [0.25, 0.3) is 0 Å². The van der Waals surface area contributed by atoms with Gasteiger partial charge in [0.05, 0.1) is 27.2 Å². The van der Waals surface area contributed by atoms with Gasteiger partial charge in [-0.05, 0) is 6.92 Å². The molecule has 0 aliphatic heterocycles. The van der Waals surface area contributed by atoms with Crippen LogP contribution in [0.5, 0.6) is 0 Å². The highest BCUT2D eigenvalue weighted by Gasteiger charge is 2.43. The number of hydrogen-bond donors (Lipinski definition) is 0. The van der Waals surface area contributed by atoms with Crippen LogP contribution >= 0.6 is 0 Å². The Labute approximate surface area is 156 Å². The van der Waals surface area contributed by atoms with Gasteiger partial charge in [0.25, 0.3) is 0 Å². The maximum absolute atomic E-state index is 6.18. The molecular weight excluding hydrogens is 346 g/mol. The van der Waals surface area contributed by atoms with Gasteiger partial charge in [0.2, 0.25) is 5.72 Å². The van der Waals surface area contributed by atoms with Crippen LogP contribution in [0.1, 0.15) is 26.7 Å². The topological polar surface area (TPSA) is 36.9 Å². The van der Waals surface area contributed by atoms with Crippen LogP contribution in [0.15, 0.2) is 24.8 Å². The van der Waals surface area contributed by atoms with Crippen molar-refractivity contribution in [3.63, 3.8) is 0 Å². The van der Waals surface area contributed by atoms with Crippen molar-refractivity contribution in [1.29, 1.82) is 0 Å². The Balaban J connectivity index is 0. The predicted molar refractivity (Wildman–Crippen MR) is 97.2 cm³/mol. The van der Waals surface area contributed by atoms with Crippen LogP contribution in [0, 0.1) is 0 Å². The first-order chi connectivity index (χ1) is 10.6. The molecule has 0 aromatic rings. The Hall–Kier alpha value is -0.213. The molecule has 0 aromatic carbocycles. The second kappa shape index (κ2) is 11.4. The summed E-state index contributed by atoms with van der Waals surface area (Å²) in [6.45, 7) is 13.4. The summed E-state index contributed by atoms with van der Waals surface area (Å²) >= 11 is 0. The molecule has 0 aliphatic carbocycles. The molecule has 0 aromatic heterocycles. The monoisotopic (exact) mass is 381 g/mol. The first-order valence-electron chi connectivity index (χ1n) is 7.99. The van der Waals surface area contributed by atoms with Crippen LogP contribution in [-0.2, 0) is 18.0 Å². The Morgan fingerprint density at radius 1 is 1.17 bits per heavy atom. The van der Waals surface area contributed by atoms with E-state index in [0.29, 0.717) is 11.1 Å². The van der Waals surface area contributed by atoms with E-state index in [4.69, 9.17) is 18.0 Å². The van der Waals surface area contributed by atoms with Gasteiger partial charge >= 0.3 is 8.80 Å². The van der Waals surface area contributed by atoms with E-state index in [-0.39, 0.29) is 18.1 Å². The number of ether oxygens (including phenoxy) is 1. The molecule has 0 spiro atoms. The molecule has 24 heavy (non-hydrogen) atoms. The molecule has 5 nitrogen and oxygen atoms in total. The van der Waals surface area contributed by atoms with E-state index in [9.17, 15) is 0 Å². The Morgan fingerprint density at radius 2 is 1.67 bits per heavy atom. The summed E-state index contributed by atoms with van der Waals surface area (Å²) in [5.41, 5.74) is 0.669. The summed E-state index contributed by atoms with van der Waals surface area (Å²) in [4.78, 5) is 0. The second-order valence-electron chi connectivity index (χ2n) is 6.72. The van der Waals surface area contributed by atoms with Crippen LogP contribution in [0.3, 0.4) is 0 Å². The van der Waals surface area contributed by atoms with Gasteiger partial charge in [0, 0.05) is 47.1 Å². The molecule has 0 fully saturated rings. The van der Waals surface area contributed by atoms with Crippen molar-refractivity contribution in [3.8, 4) is 0 Å². The number of halogens is 1. The molecule has 0 aliphatic rings. The number of hydrogen-bond acceptors (Lipinski definition) is 4. The van der Waals surface area contributed by atoms with E-state index < -0.39 is 8.80 Å². The summed E-state index contributed by atoms with van der Waals surface area (Å²) < 4.78 is 23.4. The smallest absolute Gasteiger partial charge is 0.500 e. The normalized spacial score (nSPS) is 14.6. The summed E-state index contributed by atoms with van der Waals surface area (Å²) in [6.07, 6.45) is 3.61. The van der Waals surface area contributed by atoms with Gasteiger partial charge in [-0.2, -0.15) is 0 Å². The zero-order chi connectivity index (χ0) is 18.1. The molecular formula is C17H36ClNO4Si. The van der Waals surface area contributed by atoms with Crippen molar-refractivity contribution >= 4 is 8.80 Å². The third-order valence-corrected chi connectivity index (χ3v) is 7.40. The summed E-state index contributed by atoms with van der Waals surface area (Å²) in [5, 5.41) is 0. The fourth-order valence-electron chi connectivity index (χ4n) is 2.51. The van der Waals surface area contributed by atoms with Gasteiger partial charge < -0.3 is 34.9 Å². The van der Waals surface area contributed by atoms with E-state index in [0.717, 1.165) is 31.0 Å². The molecule has 1 unspecified atom stereocenters. The molecule has 144 valence electrons. The van der Waals surface area contributed by atoms with E-state index in [1.54, 1.807) is 21.3 Å². The van der Waals surface area contributed by atoms with E-state index in [1.807, 2.05) is 13.0 Å². The second-order valence-corrected chi connectivity index (χ2v) is 9.81. The van der Waals surface area contributed by atoms with Gasteiger partial charge in [-0.15, -0.1) is 6.58 Å². The molecule has 1 atom stereocenters. The van der Waals surface area contributed by atoms with Crippen LogP contribution in [0.2, 0.25) is 6.04 Å². The lowest BCUT2D eigenvalue weighted by Crippen LogP contribution is -3.00. The molecule has 7 heteroatoms. The Bertz CT molecular complexity index is 381. The van der Waals surface area contributed by atoms with Crippen molar-refractivity contribution in [1.82, 2.24) is 0 Å². The predicted octanol–water partition coefficient (Wildman–Crippen LogP) is 0.220. The largest absolute Gasteiger partial charge is 1.00 e. The van der Waals surface area contributed by atoms with Crippen molar-refractivity contribution < 1.29 is 34.9 Å². The van der Waals surface area contributed by atoms with Crippen molar-refractivity contribution in [2.75, 3.05) is 48.6 Å². The molecule has 0 saturated heterocycles. The molecule has 0 saturated carbocycles. The highest BCUT2D eigenvalue weighted by atomic mass is 35.5. The number of rotatable bonds is 13. The minimum Gasteiger partial charge on any atom is -1.00 e. The van der Waals surface area contributed by atoms with Crippen molar-refractivity contribution in [3.05, 3.63) is 24.8 Å². The molecule has 0 bridgehead atoms. The van der Waals surface area contributed by atoms with Gasteiger partial charge in [-0.1, -0.05) is 18.2 Å². The van der Waals surface area contributed by atoms with Gasteiger partial charge in [0.1, 0.15) is 0 Å². The average molecular weight is 382 g/mol. The van der Waals surface area contributed by atoms with Crippen LogP contribution in [0.4, 0.5) is 0 Å². The van der Waals surface area contributed by atoms with Gasteiger partial charge in [-0.3, -0.25) is 0 Å². The van der Waals surface area contributed by atoms with Gasteiger partial charge in [-0.25, -0.2) is 0 Å². The SMILES string of the molecule is C=CCC(C)(OCC(=C)C)[N+](C)(C)CCC[Si](OC)(OC)OC.[Cl-]. The lowest BCUT2D eigenvalue weighted by atomic mass is 10.1. The highest BCUT2D eigenvalue weighted by molar-refractivity contribution is 6.60. The minimum atomic E-state index is -2.52. The van der Waals surface area contributed by atoms with Gasteiger partial charge in [0.15, 0.2) is 0 Å². The lowest BCUT2D eigenvalue weighted by molar-refractivity contribution is -0.965. The summed E-state index contributed by atoms with van der Waals surface area (Å²) in [7, 11) is 6.79. The van der Waals surface area contributed by atoms with Crippen molar-refractivity contribution in [2.45, 2.75) is 38.5 Å². The number of quaternary nitrogens is 1. The first-order valence-corrected chi connectivity index (χ1v) is 9.93. The highest BCUT2D eigenvalue weighted by Crippen LogP contribution is 2.29. The fraction of sp³-hybridized carbons (Fsp3) is 0.765. The zero-order valence-corrected chi connectivity index (χ0v) is 18.2. The first kappa shape index (κ1) is 26.0. The fourth-order valence-corrected chi connectivity index (χ4v) is 4.21. The third kappa shape index (κ3) is 7.35. The molecule has 0 rings (SSSR count). The van der Waals surface area contributed by atoms with Crippen molar-refractivity contribution in [2.24, 2.45) is 0 Å². The summed E-state index contributed by atoms with van der Waals surface area (Å²) in [6, 6.07) is 0.781. The minimum absolute atomic E-state index is 0. The maximum Gasteiger partial charge on any atom is 0.500 e. The summed E-state index contributed by atoms with van der Waals surface area (Å²) in [5.74, 6) is 0. The number of nitrogens with zero attached hydrogens (tertiary/aromatic N) is 1. The Morgan fingerprint density at radius 3 is 2.04 bits per heavy atom. The molecule has 0 heterocycles.